The van der Waals surface area contributed by atoms with E-state index in [9.17, 15) is 0 Å². The molecule has 5 heavy (non-hydrogen) atoms. The van der Waals surface area contributed by atoms with Crippen LogP contribution in [0, 0.1) is 0 Å². The predicted molar refractivity (Wildman–Crippen MR) is 21.3 cm³/mol. The molecule has 0 aromatic rings. The molecule has 35 valence electrons. The molecule has 0 nitrogen and oxygen atoms in total. The third-order valence-corrected chi connectivity index (χ3v) is 0. The van der Waals surface area contributed by atoms with Crippen molar-refractivity contribution in [2.45, 2.75) is 0 Å². The van der Waals surface area contributed by atoms with Crippen LogP contribution in [0.3, 0.4) is 0 Å². The molecule has 0 aliphatic heterocycles. The maximum Gasteiger partial charge on any atom is 0.0814 e. The summed E-state index contributed by atoms with van der Waals surface area (Å²) in [7, 11) is 0. The van der Waals surface area contributed by atoms with Crippen LogP contribution in [0.25, 0.3) is 0 Å². The van der Waals surface area contributed by atoms with Crippen LogP contribution in [0.2, 0.25) is 0 Å². The fourth-order valence-corrected chi connectivity index (χ4v) is 0. The summed E-state index contributed by atoms with van der Waals surface area (Å²) in [4.78, 5) is 0. The molecule has 0 rings (SSSR count). The van der Waals surface area contributed by atoms with Crippen LogP contribution in [0.15, 0.2) is 0 Å². The third kappa shape index (κ3) is 25.3. The van der Waals surface area contributed by atoms with E-state index in [4.69, 9.17) is 0 Å². The quantitative estimate of drug-likeness (QED) is 0.382. The minimum absolute atomic E-state index is 0. The van der Waals surface area contributed by atoms with Crippen molar-refractivity contribution in [1.29, 1.82) is 0 Å². The molecule has 0 saturated carbocycles. The normalized spacial score (nSPS) is 0. The van der Waals surface area contributed by atoms with Gasteiger partial charge < -0.3 is 0 Å². The van der Waals surface area contributed by atoms with Crippen molar-refractivity contribution < 1.29 is 51.5 Å². The van der Waals surface area contributed by atoms with Gasteiger partial charge in [-0.2, -0.15) is 0 Å². The zero-order chi connectivity index (χ0) is 0. The molecule has 0 aliphatic carbocycles. The smallest absolute Gasteiger partial charge is 0.0149 e. The second kappa shape index (κ2) is 40.1. The first-order valence-corrected chi connectivity index (χ1v) is 0. The molecule has 0 saturated heterocycles. The molecule has 5 heteroatoms. The van der Waals surface area contributed by atoms with Crippen molar-refractivity contribution in [2.75, 3.05) is 0 Å². The minimum Gasteiger partial charge on any atom is -0.0149 e. The number of hydrogen-bond donors (Lipinski definition) is 0. The van der Waals surface area contributed by atoms with Gasteiger partial charge >= 0.3 is 0 Å². The minimum atomic E-state index is 0. The fraction of sp³-hybridized carbons (Fsp3) is 0. The number of rotatable bonds is 0. The standard InChI is InChI=1S/BH3.Cr.Fe.Mn.H4Si/h1H3;;;;1H4. The molecular formula is H7BCrFeMnSi. The van der Waals surface area contributed by atoms with Crippen molar-refractivity contribution in [3.63, 3.8) is 0 Å². The van der Waals surface area contributed by atoms with Crippen LogP contribution in [0.5, 0.6) is 0 Å². The van der Waals surface area contributed by atoms with Gasteiger partial charge in [-0.1, -0.05) is 0 Å². The third-order valence-electron chi connectivity index (χ3n) is 0. The Morgan fingerprint density at radius 1 is 1.00 bits per heavy atom. The van der Waals surface area contributed by atoms with Crippen LogP contribution >= 0.6 is 0 Å². The summed E-state index contributed by atoms with van der Waals surface area (Å²) in [6, 6.07) is 0. The molecule has 0 bridgehead atoms. The van der Waals surface area contributed by atoms with Crippen molar-refractivity contribution >= 4 is 19.4 Å². The summed E-state index contributed by atoms with van der Waals surface area (Å²) in [5.41, 5.74) is 0. The SMILES string of the molecule is B.[Cr].[Fe].[Mn].[SiH4]. The molecule has 0 heterocycles. The molecule has 0 fully saturated rings. The van der Waals surface area contributed by atoms with Crippen molar-refractivity contribution in [2.24, 2.45) is 0 Å². The molecule has 0 aliphatic rings. The second-order valence-corrected chi connectivity index (χ2v) is 0. The van der Waals surface area contributed by atoms with E-state index in [1.807, 2.05) is 0 Å². The van der Waals surface area contributed by atoms with Crippen molar-refractivity contribution in [3.05, 3.63) is 0 Å². The molecule has 0 N–H and O–H groups in total. The molecule has 0 unspecified atom stereocenters. The Balaban J connectivity index is 0. The average molecular weight is 209 g/mol. The summed E-state index contributed by atoms with van der Waals surface area (Å²) in [5.74, 6) is 0. The molecule has 0 amide bonds. The Morgan fingerprint density at radius 3 is 1.00 bits per heavy atom. The summed E-state index contributed by atoms with van der Waals surface area (Å²) < 4.78 is 0. The first-order chi connectivity index (χ1) is 0. The van der Waals surface area contributed by atoms with Crippen molar-refractivity contribution in [3.8, 4) is 0 Å². The monoisotopic (exact) mass is 209 g/mol. The summed E-state index contributed by atoms with van der Waals surface area (Å²) in [6.07, 6.45) is 0. The van der Waals surface area contributed by atoms with Crippen LogP contribution in [-0.2, 0) is 51.5 Å². The van der Waals surface area contributed by atoms with Crippen LogP contribution in [0.4, 0.5) is 0 Å². The van der Waals surface area contributed by atoms with Crippen molar-refractivity contribution in [1.82, 2.24) is 0 Å². The molecule has 0 atom stereocenters. The van der Waals surface area contributed by atoms with Crippen LogP contribution < -0.4 is 0 Å². The second-order valence-electron chi connectivity index (χ2n) is 0. The maximum absolute atomic E-state index is 0. The zero-order valence-corrected chi connectivity index (χ0v) is 4.70. The summed E-state index contributed by atoms with van der Waals surface area (Å²) >= 11 is 0. The predicted octanol–water partition coefficient (Wildman–Crippen LogP) is -2.64. The van der Waals surface area contributed by atoms with E-state index in [0.717, 1.165) is 0 Å². The Kier molecular flexibility index (Phi) is 549. The fourth-order valence-electron chi connectivity index (χ4n) is 0. The first-order valence-electron chi connectivity index (χ1n) is 0. The van der Waals surface area contributed by atoms with Crippen LogP contribution in [-0.4, -0.2) is 19.4 Å². The maximum atomic E-state index is 0. The largest absolute Gasteiger partial charge is 0.0814 e. The zero-order valence-electron chi connectivity index (χ0n) is 1.14. The Bertz CT molecular complexity index is 11.6. The Hall–Kier alpha value is 1.85. The van der Waals surface area contributed by atoms with Gasteiger partial charge in [-0.05, 0) is 11.0 Å². The summed E-state index contributed by atoms with van der Waals surface area (Å²) in [6.45, 7) is 0. The van der Waals surface area contributed by atoms with Crippen LogP contribution in [0.1, 0.15) is 0 Å². The van der Waals surface area contributed by atoms with E-state index in [1.165, 1.54) is 0 Å². The topological polar surface area (TPSA) is 0 Å². The van der Waals surface area contributed by atoms with E-state index in [2.05, 4.69) is 0 Å². The van der Waals surface area contributed by atoms with E-state index in [1.54, 1.807) is 0 Å². The van der Waals surface area contributed by atoms with Gasteiger partial charge in [-0.3, -0.25) is 0 Å². The van der Waals surface area contributed by atoms with Gasteiger partial charge in [-0.15, -0.1) is 0 Å². The van der Waals surface area contributed by atoms with Gasteiger partial charge in [0.1, 0.15) is 0 Å². The van der Waals surface area contributed by atoms with E-state index < -0.39 is 0 Å². The molecule has 1 radical (unpaired) electrons. The first kappa shape index (κ1) is 68.4. The van der Waals surface area contributed by atoms with Gasteiger partial charge in [0.25, 0.3) is 0 Å². The average Bonchev–Trinajstić information content (AvgIpc) is 0. The summed E-state index contributed by atoms with van der Waals surface area (Å²) in [5, 5.41) is 0. The molecule has 0 spiro atoms. The van der Waals surface area contributed by atoms with E-state index in [-0.39, 0.29) is 70.9 Å². The molecular weight excluding hydrogens is 202 g/mol. The van der Waals surface area contributed by atoms with E-state index in [0.29, 0.717) is 0 Å². The van der Waals surface area contributed by atoms with Gasteiger partial charge in [-0.25, -0.2) is 0 Å². The Morgan fingerprint density at radius 2 is 1.00 bits per heavy atom. The van der Waals surface area contributed by atoms with Gasteiger partial charge in [0.15, 0.2) is 0 Å². The van der Waals surface area contributed by atoms with Gasteiger partial charge in [0.2, 0.25) is 0 Å². The van der Waals surface area contributed by atoms with Gasteiger partial charge in [0.05, 0.1) is 8.41 Å². The number of hydrogen-bond acceptors (Lipinski definition) is 0. The van der Waals surface area contributed by atoms with Gasteiger partial charge in [0, 0.05) is 51.5 Å². The molecule has 0 aromatic heterocycles. The molecule has 0 aromatic carbocycles. The Labute approximate surface area is 70.5 Å². The van der Waals surface area contributed by atoms with E-state index >= 15 is 0 Å².